The molecule has 3 aromatic rings. The maximum Gasteiger partial charge on any atom is 0.165 e. The maximum atomic E-state index is 5.99. The zero-order valence-corrected chi connectivity index (χ0v) is 11.8. The van der Waals surface area contributed by atoms with Crippen molar-refractivity contribution in [1.82, 2.24) is 19.5 Å². The van der Waals surface area contributed by atoms with Gasteiger partial charge in [0.05, 0.1) is 22.9 Å². The third-order valence-corrected chi connectivity index (χ3v) is 3.71. The zero-order valence-electron chi connectivity index (χ0n) is 9.52. The van der Waals surface area contributed by atoms with E-state index in [9.17, 15) is 0 Å². The third-order valence-electron chi connectivity index (χ3n) is 2.69. The predicted octanol–water partition coefficient (Wildman–Crippen LogP) is 3.83. The topological polar surface area (TPSA) is 43.6 Å². The lowest BCUT2D eigenvalue weighted by molar-refractivity contribution is 0.813. The summed E-state index contributed by atoms with van der Waals surface area (Å²) in [7, 11) is 0. The molecule has 19 heavy (non-hydrogen) atoms. The first kappa shape index (κ1) is 12.7. The first-order valence-electron chi connectivity index (χ1n) is 5.40. The summed E-state index contributed by atoms with van der Waals surface area (Å²) in [5.74, 6) is 0. The van der Waals surface area contributed by atoms with E-state index in [0.29, 0.717) is 32.9 Å². The highest BCUT2D eigenvalue weighted by Gasteiger charge is 2.09. The Morgan fingerprint density at radius 3 is 2.63 bits per heavy atom. The molecule has 0 bridgehead atoms. The van der Waals surface area contributed by atoms with Crippen LogP contribution in [0.5, 0.6) is 0 Å². The number of rotatable bonds is 2. The normalized spacial score (nSPS) is 11.1. The Hall–Kier alpha value is -1.36. The predicted molar refractivity (Wildman–Crippen MR) is 75.9 cm³/mol. The molecule has 96 valence electrons. The molecule has 0 radical (unpaired) electrons. The fourth-order valence-electron chi connectivity index (χ4n) is 1.80. The van der Waals surface area contributed by atoms with Gasteiger partial charge in [-0.3, -0.25) is 0 Å². The zero-order chi connectivity index (χ0) is 13.4. The van der Waals surface area contributed by atoms with Crippen molar-refractivity contribution in [3.63, 3.8) is 0 Å². The molecule has 2 aromatic heterocycles. The van der Waals surface area contributed by atoms with Crippen LogP contribution in [-0.4, -0.2) is 19.5 Å². The van der Waals surface area contributed by atoms with Gasteiger partial charge in [0.2, 0.25) is 0 Å². The molecule has 0 saturated heterocycles. The SMILES string of the molecule is Clc1ccc(Cn2cnc3c(Cl)ncnc32)cc1Cl. The smallest absolute Gasteiger partial charge is 0.165 e. The number of imidazole rings is 1. The van der Waals surface area contributed by atoms with Crippen molar-refractivity contribution < 1.29 is 0 Å². The monoisotopic (exact) mass is 312 g/mol. The van der Waals surface area contributed by atoms with Crippen LogP contribution in [0.2, 0.25) is 15.2 Å². The molecule has 0 saturated carbocycles. The average Bonchev–Trinajstić information content (AvgIpc) is 2.79. The van der Waals surface area contributed by atoms with Gasteiger partial charge < -0.3 is 4.57 Å². The lowest BCUT2D eigenvalue weighted by atomic mass is 10.2. The Bertz CT molecular complexity index is 754. The van der Waals surface area contributed by atoms with E-state index in [1.807, 2.05) is 16.7 Å². The molecule has 0 spiro atoms. The molecule has 0 unspecified atom stereocenters. The molecule has 0 aliphatic heterocycles. The van der Waals surface area contributed by atoms with E-state index in [1.54, 1.807) is 12.4 Å². The second-order valence-electron chi connectivity index (χ2n) is 3.96. The molecular weight excluding hydrogens is 307 g/mol. The van der Waals surface area contributed by atoms with E-state index in [1.165, 1.54) is 6.33 Å². The van der Waals surface area contributed by atoms with Crippen LogP contribution in [0.25, 0.3) is 11.2 Å². The molecule has 4 nitrogen and oxygen atoms in total. The summed E-state index contributed by atoms with van der Waals surface area (Å²) < 4.78 is 1.88. The fourth-order valence-corrected chi connectivity index (χ4v) is 2.30. The van der Waals surface area contributed by atoms with Crippen molar-refractivity contribution in [2.45, 2.75) is 6.54 Å². The highest BCUT2D eigenvalue weighted by molar-refractivity contribution is 6.42. The second kappa shape index (κ2) is 4.96. The summed E-state index contributed by atoms with van der Waals surface area (Å²) in [4.78, 5) is 12.3. The molecule has 2 heterocycles. The van der Waals surface area contributed by atoms with E-state index < -0.39 is 0 Å². The van der Waals surface area contributed by atoms with Crippen LogP contribution < -0.4 is 0 Å². The van der Waals surface area contributed by atoms with E-state index in [2.05, 4.69) is 15.0 Å². The number of aromatic nitrogens is 4. The van der Waals surface area contributed by atoms with Gasteiger partial charge in [-0.25, -0.2) is 15.0 Å². The summed E-state index contributed by atoms with van der Waals surface area (Å²) in [6.07, 6.45) is 3.09. The highest BCUT2D eigenvalue weighted by atomic mass is 35.5. The van der Waals surface area contributed by atoms with Crippen LogP contribution >= 0.6 is 34.8 Å². The summed E-state index contributed by atoms with van der Waals surface area (Å²) >= 11 is 17.8. The molecule has 7 heteroatoms. The van der Waals surface area contributed by atoms with E-state index in [-0.39, 0.29) is 0 Å². The van der Waals surface area contributed by atoms with E-state index >= 15 is 0 Å². The Labute approximate surface area is 124 Å². The first-order chi connectivity index (χ1) is 9.15. The van der Waals surface area contributed by atoms with Crippen LogP contribution in [0.4, 0.5) is 0 Å². The Morgan fingerprint density at radius 2 is 1.84 bits per heavy atom. The van der Waals surface area contributed by atoms with Crippen molar-refractivity contribution in [2.75, 3.05) is 0 Å². The van der Waals surface area contributed by atoms with Crippen LogP contribution in [0.1, 0.15) is 5.56 Å². The van der Waals surface area contributed by atoms with Gasteiger partial charge in [-0.15, -0.1) is 0 Å². The minimum Gasteiger partial charge on any atom is -0.311 e. The molecule has 1 aromatic carbocycles. The van der Waals surface area contributed by atoms with Gasteiger partial charge in [0, 0.05) is 0 Å². The molecule has 0 N–H and O–H groups in total. The molecule has 0 aliphatic carbocycles. The number of hydrogen-bond acceptors (Lipinski definition) is 3. The number of nitrogens with zero attached hydrogens (tertiary/aromatic N) is 4. The van der Waals surface area contributed by atoms with Crippen molar-refractivity contribution in [3.05, 3.63) is 51.6 Å². The van der Waals surface area contributed by atoms with Gasteiger partial charge in [0.1, 0.15) is 11.8 Å². The molecule has 0 aliphatic rings. The fraction of sp³-hybridized carbons (Fsp3) is 0.0833. The summed E-state index contributed by atoms with van der Waals surface area (Å²) in [5.41, 5.74) is 2.28. The average molecular weight is 314 g/mol. The van der Waals surface area contributed by atoms with Crippen LogP contribution in [0.15, 0.2) is 30.9 Å². The lowest BCUT2D eigenvalue weighted by Gasteiger charge is -2.05. The van der Waals surface area contributed by atoms with E-state index in [4.69, 9.17) is 34.8 Å². The third kappa shape index (κ3) is 2.39. The number of halogens is 3. The summed E-state index contributed by atoms with van der Waals surface area (Å²) in [6, 6.07) is 5.49. The molecule has 0 fully saturated rings. The molecule has 0 amide bonds. The Balaban J connectivity index is 2.01. The maximum absolute atomic E-state index is 5.99. The standard InChI is InChI=1S/C12H7Cl3N4/c13-8-2-1-7(3-9(8)14)4-19-6-18-10-11(15)16-5-17-12(10)19/h1-3,5-6H,4H2. The van der Waals surface area contributed by atoms with Gasteiger partial charge in [-0.1, -0.05) is 40.9 Å². The van der Waals surface area contributed by atoms with Crippen molar-refractivity contribution >= 4 is 46.0 Å². The van der Waals surface area contributed by atoms with Gasteiger partial charge in [0.25, 0.3) is 0 Å². The Kier molecular flexibility index (Phi) is 3.31. The molecule has 3 rings (SSSR count). The molecular formula is C12H7Cl3N4. The highest BCUT2D eigenvalue weighted by Crippen LogP contribution is 2.24. The van der Waals surface area contributed by atoms with Gasteiger partial charge in [0.15, 0.2) is 10.8 Å². The van der Waals surface area contributed by atoms with Gasteiger partial charge in [-0.05, 0) is 17.7 Å². The number of hydrogen-bond donors (Lipinski definition) is 0. The minimum absolute atomic E-state index is 0.345. The summed E-state index contributed by atoms with van der Waals surface area (Å²) in [6.45, 7) is 0.584. The quantitative estimate of drug-likeness (QED) is 0.675. The first-order valence-corrected chi connectivity index (χ1v) is 6.54. The van der Waals surface area contributed by atoms with Crippen molar-refractivity contribution in [2.24, 2.45) is 0 Å². The van der Waals surface area contributed by atoms with Gasteiger partial charge >= 0.3 is 0 Å². The lowest BCUT2D eigenvalue weighted by Crippen LogP contribution is -1.99. The second-order valence-corrected chi connectivity index (χ2v) is 5.13. The minimum atomic E-state index is 0.345. The number of benzene rings is 1. The Morgan fingerprint density at radius 1 is 1.00 bits per heavy atom. The van der Waals surface area contributed by atoms with Crippen LogP contribution in [-0.2, 0) is 6.54 Å². The van der Waals surface area contributed by atoms with Crippen molar-refractivity contribution in [1.29, 1.82) is 0 Å². The van der Waals surface area contributed by atoms with E-state index in [0.717, 1.165) is 5.56 Å². The molecule has 0 atom stereocenters. The largest absolute Gasteiger partial charge is 0.311 e. The summed E-state index contributed by atoms with van der Waals surface area (Å²) in [5, 5.41) is 1.40. The van der Waals surface area contributed by atoms with Crippen molar-refractivity contribution in [3.8, 4) is 0 Å². The van der Waals surface area contributed by atoms with Crippen LogP contribution in [0, 0.1) is 0 Å². The van der Waals surface area contributed by atoms with Crippen LogP contribution in [0.3, 0.4) is 0 Å². The number of fused-ring (bicyclic) bond motifs is 1. The van der Waals surface area contributed by atoms with Gasteiger partial charge in [-0.2, -0.15) is 0 Å².